The normalized spacial score (nSPS) is 24.6. The predicted molar refractivity (Wildman–Crippen MR) is 158 cm³/mol. The van der Waals surface area contributed by atoms with Crippen LogP contribution in [0.1, 0.15) is 50.2 Å². The van der Waals surface area contributed by atoms with Gasteiger partial charge in [0.1, 0.15) is 17.1 Å². The second-order valence-corrected chi connectivity index (χ2v) is 12.8. The molecule has 2 atom stereocenters. The molecule has 6 rings (SSSR count). The molecule has 208 valence electrons. The van der Waals surface area contributed by atoms with Gasteiger partial charge in [-0.1, -0.05) is 30.7 Å². The van der Waals surface area contributed by atoms with E-state index in [0.29, 0.717) is 43.0 Å². The fourth-order valence-corrected chi connectivity index (χ4v) is 7.97. The standard InChI is InChI=1S/C32H32ClFN2O3S/c1-20(19-39-28-7-13-35-27-8-14-40-29(27)28)15-22-16-21-5-6-24(34)18-26(21)31(22)9-11-32(12-10-31,30(37)38)36-25-4-2-3-23(33)17-25/h2-8,13-14,17-18,20,22,36H,9-12,15-16,19H2,1H3,(H,37,38)/t20-,22+,31?,32?/m1/s1. The summed E-state index contributed by atoms with van der Waals surface area (Å²) in [7, 11) is 0. The molecule has 0 unspecified atom stereocenters. The van der Waals surface area contributed by atoms with Gasteiger partial charge in [0.25, 0.3) is 0 Å². The van der Waals surface area contributed by atoms with Gasteiger partial charge in [-0.05, 0) is 115 Å². The minimum atomic E-state index is -1.10. The Balaban J connectivity index is 1.22. The Hall–Kier alpha value is -3.16. The maximum Gasteiger partial charge on any atom is 0.329 e. The van der Waals surface area contributed by atoms with E-state index in [0.717, 1.165) is 34.4 Å². The molecular formula is C32H32ClFN2O3S. The Morgan fingerprint density at radius 3 is 2.80 bits per heavy atom. The summed E-state index contributed by atoms with van der Waals surface area (Å²) in [5.74, 6) is 0.296. The number of anilines is 1. The van der Waals surface area contributed by atoms with Gasteiger partial charge < -0.3 is 15.2 Å². The van der Waals surface area contributed by atoms with E-state index in [1.807, 2.05) is 35.7 Å². The van der Waals surface area contributed by atoms with E-state index in [2.05, 4.69) is 17.2 Å². The highest BCUT2D eigenvalue weighted by Crippen LogP contribution is 2.56. The van der Waals surface area contributed by atoms with Gasteiger partial charge in [-0.15, -0.1) is 11.3 Å². The van der Waals surface area contributed by atoms with Crippen molar-refractivity contribution >= 4 is 44.8 Å². The van der Waals surface area contributed by atoms with E-state index < -0.39 is 11.5 Å². The van der Waals surface area contributed by atoms with E-state index in [4.69, 9.17) is 16.3 Å². The van der Waals surface area contributed by atoms with Crippen LogP contribution in [0.15, 0.2) is 66.2 Å². The number of carboxylic acids is 1. The number of hydrogen-bond acceptors (Lipinski definition) is 5. The topological polar surface area (TPSA) is 71.5 Å². The number of benzene rings is 2. The lowest BCUT2D eigenvalue weighted by Gasteiger charge is -2.47. The van der Waals surface area contributed by atoms with Crippen molar-refractivity contribution in [1.29, 1.82) is 0 Å². The molecule has 1 fully saturated rings. The number of thiophene rings is 1. The molecular weight excluding hydrogens is 547 g/mol. The van der Waals surface area contributed by atoms with Crippen molar-refractivity contribution in [1.82, 2.24) is 4.98 Å². The molecule has 0 radical (unpaired) electrons. The van der Waals surface area contributed by atoms with Crippen LogP contribution in [0.4, 0.5) is 10.1 Å². The Bertz CT molecular complexity index is 1550. The van der Waals surface area contributed by atoms with Crippen LogP contribution in [0.3, 0.4) is 0 Å². The lowest BCUT2D eigenvalue weighted by atomic mass is 9.59. The summed E-state index contributed by atoms with van der Waals surface area (Å²) in [6.45, 7) is 2.78. The molecule has 0 amide bonds. The molecule has 2 heterocycles. The largest absolute Gasteiger partial charge is 0.492 e. The number of pyridine rings is 1. The van der Waals surface area contributed by atoms with Crippen LogP contribution in [0.25, 0.3) is 10.2 Å². The number of hydrogen-bond donors (Lipinski definition) is 2. The number of aromatic nitrogens is 1. The highest BCUT2D eigenvalue weighted by atomic mass is 35.5. The number of fused-ring (bicyclic) bond motifs is 3. The summed E-state index contributed by atoms with van der Waals surface area (Å²) in [5.41, 5.74) is 2.51. The highest BCUT2D eigenvalue weighted by Gasteiger charge is 2.54. The second kappa shape index (κ2) is 10.7. The molecule has 1 spiro atoms. The van der Waals surface area contributed by atoms with Crippen LogP contribution in [0.5, 0.6) is 5.75 Å². The summed E-state index contributed by atoms with van der Waals surface area (Å²) in [5, 5.41) is 16.2. The van der Waals surface area contributed by atoms with E-state index in [9.17, 15) is 14.3 Å². The van der Waals surface area contributed by atoms with Gasteiger partial charge in [0.2, 0.25) is 0 Å². The molecule has 1 saturated carbocycles. The molecule has 8 heteroatoms. The lowest BCUT2D eigenvalue weighted by molar-refractivity contribution is -0.144. The molecule has 2 aliphatic rings. The van der Waals surface area contributed by atoms with E-state index in [-0.39, 0.29) is 23.1 Å². The van der Waals surface area contributed by atoms with Crippen LogP contribution in [0, 0.1) is 17.7 Å². The van der Waals surface area contributed by atoms with Crippen molar-refractivity contribution in [2.45, 2.75) is 56.4 Å². The Labute approximate surface area is 242 Å². The molecule has 2 aromatic heterocycles. The first kappa shape index (κ1) is 27.0. The summed E-state index contributed by atoms with van der Waals surface area (Å²) < 4.78 is 21.9. The number of aliphatic carboxylic acids is 1. The first-order chi connectivity index (χ1) is 19.3. The number of carboxylic acid groups (broad SMARTS) is 1. The molecule has 0 saturated heterocycles. The molecule has 2 aromatic carbocycles. The highest BCUT2D eigenvalue weighted by molar-refractivity contribution is 7.17. The van der Waals surface area contributed by atoms with Crippen LogP contribution in [0.2, 0.25) is 5.02 Å². The average Bonchev–Trinajstić information content (AvgIpc) is 3.52. The van der Waals surface area contributed by atoms with Gasteiger partial charge in [-0.3, -0.25) is 4.98 Å². The maximum atomic E-state index is 14.6. The van der Waals surface area contributed by atoms with E-state index >= 15 is 0 Å². The molecule has 4 aromatic rings. The van der Waals surface area contributed by atoms with Gasteiger partial charge in [-0.25, -0.2) is 9.18 Å². The minimum Gasteiger partial charge on any atom is -0.492 e. The summed E-state index contributed by atoms with van der Waals surface area (Å²) >= 11 is 7.80. The van der Waals surface area contributed by atoms with Crippen molar-refractivity contribution in [2.75, 3.05) is 11.9 Å². The number of carbonyl (C=O) groups is 1. The number of ether oxygens (including phenoxy) is 1. The molecule has 0 bridgehead atoms. The third kappa shape index (κ3) is 4.94. The van der Waals surface area contributed by atoms with Crippen molar-refractivity contribution < 1.29 is 19.0 Å². The Morgan fingerprint density at radius 2 is 2.02 bits per heavy atom. The molecule has 5 nitrogen and oxygen atoms in total. The maximum absolute atomic E-state index is 14.6. The zero-order valence-electron chi connectivity index (χ0n) is 22.3. The van der Waals surface area contributed by atoms with Crippen molar-refractivity contribution in [3.63, 3.8) is 0 Å². The van der Waals surface area contributed by atoms with Crippen molar-refractivity contribution in [3.05, 3.63) is 88.1 Å². The van der Waals surface area contributed by atoms with Gasteiger partial charge in [0.05, 0.1) is 16.8 Å². The molecule has 2 aliphatic carbocycles. The minimum absolute atomic E-state index is 0.236. The zero-order chi connectivity index (χ0) is 27.9. The summed E-state index contributed by atoms with van der Waals surface area (Å²) in [6, 6.07) is 16.3. The summed E-state index contributed by atoms with van der Waals surface area (Å²) in [4.78, 5) is 17.0. The van der Waals surface area contributed by atoms with Gasteiger partial charge >= 0.3 is 5.97 Å². The van der Waals surface area contributed by atoms with Gasteiger partial charge in [0, 0.05) is 16.9 Å². The quantitative estimate of drug-likeness (QED) is 0.221. The SMILES string of the molecule is C[C@@H](COc1ccnc2ccsc12)C[C@H]1Cc2ccc(F)cc2C12CCC(Nc1cccc(Cl)c1)(C(=O)O)CC2. The van der Waals surface area contributed by atoms with E-state index in [1.54, 1.807) is 41.8 Å². The predicted octanol–water partition coefficient (Wildman–Crippen LogP) is 8.11. The zero-order valence-corrected chi connectivity index (χ0v) is 23.9. The number of rotatable bonds is 8. The molecule has 0 aliphatic heterocycles. The van der Waals surface area contributed by atoms with Crippen LogP contribution in [-0.2, 0) is 16.6 Å². The van der Waals surface area contributed by atoms with E-state index in [1.165, 1.54) is 5.56 Å². The number of halogens is 2. The van der Waals surface area contributed by atoms with Crippen LogP contribution in [-0.4, -0.2) is 28.2 Å². The second-order valence-electron chi connectivity index (χ2n) is 11.5. The van der Waals surface area contributed by atoms with Crippen molar-refractivity contribution in [3.8, 4) is 5.75 Å². The van der Waals surface area contributed by atoms with Gasteiger partial charge in [0.15, 0.2) is 0 Å². The first-order valence-electron chi connectivity index (χ1n) is 13.8. The molecule has 40 heavy (non-hydrogen) atoms. The third-order valence-corrected chi connectivity index (χ3v) is 10.1. The Morgan fingerprint density at radius 1 is 1.20 bits per heavy atom. The van der Waals surface area contributed by atoms with Crippen molar-refractivity contribution in [2.24, 2.45) is 11.8 Å². The monoisotopic (exact) mass is 578 g/mol. The smallest absolute Gasteiger partial charge is 0.329 e. The fourth-order valence-electron chi connectivity index (χ4n) is 6.96. The molecule has 2 N–H and O–H groups in total. The summed E-state index contributed by atoms with van der Waals surface area (Å²) in [6.07, 6.45) is 5.78. The first-order valence-corrected chi connectivity index (χ1v) is 15.0. The van der Waals surface area contributed by atoms with Crippen LogP contribution < -0.4 is 10.1 Å². The Kier molecular flexibility index (Phi) is 7.21. The number of nitrogens with one attached hydrogen (secondary N) is 1. The number of nitrogens with zero attached hydrogens (tertiary/aromatic N) is 1. The lowest BCUT2D eigenvalue weighted by Crippen LogP contribution is -2.53. The third-order valence-electron chi connectivity index (χ3n) is 8.99. The van der Waals surface area contributed by atoms with Crippen LogP contribution >= 0.6 is 22.9 Å². The fraction of sp³-hybridized carbons (Fsp3) is 0.375. The van der Waals surface area contributed by atoms with Gasteiger partial charge in [-0.2, -0.15) is 0 Å². The average molecular weight is 579 g/mol.